The number of rotatable bonds is 5. The number of hydrogen-bond donors (Lipinski definition) is 0. The van der Waals surface area contributed by atoms with Gasteiger partial charge < -0.3 is 9.64 Å². The second-order valence-electron chi connectivity index (χ2n) is 6.80. The Labute approximate surface area is 154 Å². The fourth-order valence-electron chi connectivity index (χ4n) is 3.59. The summed E-state index contributed by atoms with van der Waals surface area (Å²) in [5, 5.41) is 0. The van der Waals surface area contributed by atoms with Crippen LogP contribution in [0.25, 0.3) is 0 Å². The molecule has 1 fully saturated rings. The van der Waals surface area contributed by atoms with E-state index in [2.05, 4.69) is 0 Å². The molecule has 2 atom stereocenters. The Morgan fingerprint density at radius 3 is 2.15 bits per heavy atom. The average Bonchev–Trinajstić information content (AvgIpc) is 2.67. The summed E-state index contributed by atoms with van der Waals surface area (Å²) in [6.07, 6.45) is 1.91. The molecule has 0 aromatic heterocycles. The quantitative estimate of drug-likeness (QED) is 0.803. The molecular formula is C22H25NO3. The minimum absolute atomic E-state index is 0.0896. The largest absolute Gasteiger partial charge is 0.445 e. The third kappa shape index (κ3) is 4.51. The number of hydrogen-bond acceptors (Lipinski definition) is 3. The van der Waals surface area contributed by atoms with Gasteiger partial charge in [0.2, 0.25) is 0 Å². The van der Waals surface area contributed by atoms with Gasteiger partial charge in [0.15, 0.2) is 0 Å². The highest BCUT2D eigenvalue weighted by atomic mass is 16.6. The Bertz CT molecular complexity index is 730. The van der Waals surface area contributed by atoms with E-state index in [9.17, 15) is 9.59 Å². The summed E-state index contributed by atoms with van der Waals surface area (Å²) in [4.78, 5) is 26.8. The molecule has 1 amide bonds. The van der Waals surface area contributed by atoms with Crippen LogP contribution in [0.1, 0.15) is 37.3 Å². The fourth-order valence-corrected chi connectivity index (χ4v) is 3.59. The first-order chi connectivity index (χ1) is 12.7. The number of nitrogens with zero attached hydrogens (tertiary/aromatic N) is 1. The summed E-state index contributed by atoms with van der Waals surface area (Å²) in [6.45, 7) is 2.26. The number of ketones is 1. The number of benzene rings is 2. The van der Waals surface area contributed by atoms with Crippen LogP contribution < -0.4 is 0 Å². The molecule has 0 aliphatic carbocycles. The Balaban J connectivity index is 1.74. The molecule has 26 heavy (non-hydrogen) atoms. The van der Waals surface area contributed by atoms with E-state index in [0.29, 0.717) is 19.3 Å². The van der Waals surface area contributed by atoms with Crippen molar-refractivity contribution in [2.45, 2.75) is 51.3 Å². The van der Waals surface area contributed by atoms with Gasteiger partial charge in [-0.1, -0.05) is 67.6 Å². The van der Waals surface area contributed by atoms with Gasteiger partial charge >= 0.3 is 6.09 Å². The van der Waals surface area contributed by atoms with Crippen LogP contribution in [0.2, 0.25) is 0 Å². The van der Waals surface area contributed by atoms with Crippen LogP contribution in [0.5, 0.6) is 0 Å². The Hall–Kier alpha value is -2.62. The van der Waals surface area contributed by atoms with E-state index in [1.807, 2.05) is 67.6 Å². The van der Waals surface area contributed by atoms with E-state index < -0.39 is 0 Å². The van der Waals surface area contributed by atoms with Crippen LogP contribution in [0.4, 0.5) is 4.79 Å². The summed E-state index contributed by atoms with van der Waals surface area (Å²) >= 11 is 0. The first-order valence-corrected chi connectivity index (χ1v) is 9.22. The van der Waals surface area contributed by atoms with Gasteiger partial charge in [0.1, 0.15) is 12.4 Å². The van der Waals surface area contributed by atoms with Crippen molar-refractivity contribution in [1.29, 1.82) is 0 Å². The zero-order valence-electron chi connectivity index (χ0n) is 15.1. The molecule has 0 bridgehead atoms. The SMILES string of the molecule is CCC1CC(=O)CC(Cc2ccccc2)N1C(=O)OCc1ccccc1. The lowest BCUT2D eigenvalue weighted by atomic mass is 9.89. The Morgan fingerprint density at radius 1 is 0.962 bits per heavy atom. The van der Waals surface area contributed by atoms with Gasteiger partial charge in [-0.05, 0) is 24.0 Å². The van der Waals surface area contributed by atoms with E-state index in [-0.39, 0.29) is 30.6 Å². The van der Waals surface area contributed by atoms with Crippen molar-refractivity contribution in [2.24, 2.45) is 0 Å². The lowest BCUT2D eigenvalue weighted by Gasteiger charge is -2.40. The molecule has 2 unspecified atom stereocenters. The molecule has 4 heteroatoms. The zero-order chi connectivity index (χ0) is 18.4. The summed E-state index contributed by atoms with van der Waals surface area (Å²) < 4.78 is 5.58. The van der Waals surface area contributed by atoms with Crippen LogP contribution >= 0.6 is 0 Å². The van der Waals surface area contributed by atoms with E-state index in [4.69, 9.17) is 4.74 Å². The summed E-state index contributed by atoms with van der Waals surface area (Å²) in [5.41, 5.74) is 2.09. The maximum atomic E-state index is 12.8. The van der Waals surface area contributed by atoms with E-state index >= 15 is 0 Å². The Morgan fingerprint density at radius 2 is 1.54 bits per heavy atom. The van der Waals surface area contributed by atoms with Crippen molar-refractivity contribution < 1.29 is 14.3 Å². The van der Waals surface area contributed by atoms with E-state index in [1.165, 1.54) is 0 Å². The molecule has 0 saturated carbocycles. The van der Waals surface area contributed by atoms with Gasteiger partial charge in [0, 0.05) is 24.9 Å². The smallest absolute Gasteiger partial charge is 0.410 e. The summed E-state index contributed by atoms with van der Waals surface area (Å²) in [6, 6.07) is 19.4. The number of piperidine rings is 1. The Kier molecular flexibility index (Phi) is 6.05. The summed E-state index contributed by atoms with van der Waals surface area (Å²) in [5.74, 6) is 0.227. The minimum Gasteiger partial charge on any atom is -0.445 e. The van der Waals surface area contributed by atoms with Gasteiger partial charge in [-0.3, -0.25) is 4.79 Å². The molecule has 0 radical (unpaired) electrons. The van der Waals surface area contributed by atoms with Crippen LogP contribution in [0.3, 0.4) is 0 Å². The number of amides is 1. The highest BCUT2D eigenvalue weighted by Gasteiger charge is 2.37. The molecule has 2 aromatic carbocycles. The number of carbonyl (C=O) groups excluding carboxylic acids is 2. The molecule has 1 aliphatic heterocycles. The maximum absolute atomic E-state index is 12.8. The molecular weight excluding hydrogens is 326 g/mol. The van der Waals surface area contributed by atoms with Crippen LogP contribution in [-0.4, -0.2) is 28.9 Å². The highest BCUT2D eigenvalue weighted by Crippen LogP contribution is 2.26. The molecule has 3 rings (SSSR count). The summed E-state index contributed by atoms with van der Waals surface area (Å²) in [7, 11) is 0. The standard InChI is InChI=1S/C22H25NO3/c1-2-19-14-21(24)15-20(13-17-9-5-3-6-10-17)23(19)22(25)26-16-18-11-7-4-8-12-18/h3-12,19-20H,2,13-16H2,1H3. The van der Waals surface area contributed by atoms with Crippen molar-refractivity contribution in [3.05, 3.63) is 71.8 Å². The van der Waals surface area contributed by atoms with Crippen molar-refractivity contribution in [2.75, 3.05) is 0 Å². The highest BCUT2D eigenvalue weighted by molar-refractivity contribution is 5.83. The van der Waals surface area contributed by atoms with Gasteiger partial charge in [0.25, 0.3) is 0 Å². The lowest BCUT2D eigenvalue weighted by molar-refractivity contribution is -0.124. The first-order valence-electron chi connectivity index (χ1n) is 9.22. The number of likely N-dealkylation sites (tertiary alicyclic amines) is 1. The average molecular weight is 351 g/mol. The number of Topliss-reactive ketones (excluding diaryl/α,β-unsaturated/α-hetero) is 1. The molecule has 136 valence electrons. The van der Waals surface area contributed by atoms with Gasteiger partial charge in [-0.15, -0.1) is 0 Å². The van der Waals surface area contributed by atoms with Crippen molar-refractivity contribution >= 4 is 11.9 Å². The molecule has 4 nitrogen and oxygen atoms in total. The minimum atomic E-state index is -0.325. The predicted octanol–water partition coefficient (Wildman–Crippen LogP) is 4.38. The lowest BCUT2D eigenvalue weighted by Crippen LogP contribution is -2.53. The fraction of sp³-hybridized carbons (Fsp3) is 0.364. The molecule has 1 aliphatic rings. The second-order valence-corrected chi connectivity index (χ2v) is 6.80. The second kappa shape index (κ2) is 8.65. The monoisotopic (exact) mass is 351 g/mol. The van der Waals surface area contributed by atoms with Crippen molar-refractivity contribution in [3.8, 4) is 0 Å². The van der Waals surface area contributed by atoms with Gasteiger partial charge in [-0.25, -0.2) is 4.79 Å². The van der Waals surface area contributed by atoms with Crippen LogP contribution in [-0.2, 0) is 22.6 Å². The number of ether oxygens (including phenoxy) is 1. The van der Waals surface area contributed by atoms with Crippen molar-refractivity contribution in [1.82, 2.24) is 4.90 Å². The predicted molar refractivity (Wildman–Crippen MR) is 101 cm³/mol. The zero-order valence-corrected chi connectivity index (χ0v) is 15.1. The molecule has 0 spiro atoms. The van der Waals surface area contributed by atoms with E-state index in [0.717, 1.165) is 17.5 Å². The normalized spacial score (nSPS) is 20.0. The molecule has 1 heterocycles. The maximum Gasteiger partial charge on any atom is 0.410 e. The first kappa shape index (κ1) is 18.2. The van der Waals surface area contributed by atoms with E-state index in [1.54, 1.807) is 4.90 Å². The number of carbonyl (C=O) groups is 2. The van der Waals surface area contributed by atoms with Crippen LogP contribution in [0.15, 0.2) is 60.7 Å². The van der Waals surface area contributed by atoms with Crippen molar-refractivity contribution in [3.63, 3.8) is 0 Å². The molecule has 1 saturated heterocycles. The van der Waals surface area contributed by atoms with Gasteiger partial charge in [-0.2, -0.15) is 0 Å². The third-order valence-electron chi connectivity index (χ3n) is 4.91. The molecule has 0 N–H and O–H groups in total. The topological polar surface area (TPSA) is 46.6 Å². The van der Waals surface area contributed by atoms with Crippen LogP contribution in [0, 0.1) is 0 Å². The third-order valence-corrected chi connectivity index (χ3v) is 4.91. The molecule has 2 aromatic rings. The van der Waals surface area contributed by atoms with Gasteiger partial charge in [0.05, 0.1) is 0 Å².